The smallest absolute Gasteiger partial charge is 0.0625 e. The van der Waals surface area contributed by atoms with Crippen LogP contribution >= 0.6 is 11.3 Å². The lowest BCUT2D eigenvalue weighted by Crippen LogP contribution is -2.17. The number of hydrogen-bond donors (Lipinski definition) is 0. The number of thiophene rings is 1. The monoisotopic (exact) mass is 819 g/mol. The van der Waals surface area contributed by atoms with Gasteiger partial charge in [0.05, 0.1) is 5.69 Å². The van der Waals surface area contributed by atoms with Gasteiger partial charge in [-0.15, -0.1) is 11.3 Å². The highest BCUT2D eigenvalue weighted by Crippen LogP contribution is 2.54. The van der Waals surface area contributed by atoms with Gasteiger partial charge in [-0.2, -0.15) is 0 Å². The standard InChI is InChI=1S/C61H41NS/c1-61(2)54-23-11-9-19-47(54)48-33-32-43(37-55(48)61)62(42-30-28-39(29-31-42)41-27-26-38-14-3-4-15-40(38)36-41)60-52(50-22-13-25-57-58(50)53-21-10-12-24-56(53)63-57)35-34-51-46-18-6-5-16-44(46)45-17-7-8-20-49(45)59(51)60/h3-37H,1-2H3. The van der Waals surface area contributed by atoms with Crippen LogP contribution in [0.4, 0.5) is 17.1 Å². The van der Waals surface area contributed by atoms with Crippen LogP contribution in [0.15, 0.2) is 212 Å². The maximum atomic E-state index is 2.58. The molecular formula is C61H41NS. The Kier molecular flexibility index (Phi) is 7.89. The Morgan fingerprint density at radius 1 is 0.349 bits per heavy atom. The normalized spacial score (nSPS) is 13.0. The summed E-state index contributed by atoms with van der Waals surface area (Å²) in [5.74, 6) is 0. The number of hydrogen-bond acceptors (Lipinski definition) is 2. The maximum Gasteiger partial charge on any atom is 0.0625 e. The number of anilines is 3. The lowest BCUT2D eigenvalue weighted by molar-refractivity contribution is 0.660. The van der Waals surface area contributed by atoms with Crippen LogP contribution in [0.2, 0.25) is 0 Å². The molecule has 1 aromatic heterocycles. The zero-order valence-electron chi connectivity index (χ0n) is 35.1. The highest BCUT2D eigenvalue weighted by atomic mass is 32.1. The van der Waals surface area contributed by atoms with E-state index in [2.05, 4.69) is 231 Å². The molecule has 1 heterocycles. The molecule has 0 aliphatic heterocycles. The molecule has 1 aliphatic carbocycles. The van der Waals surface area contributed by atoms with Crippen molar-refractivity contribution in [1.29, 1.82) is 0 Å². The fraction of sp³-hybridized carbons (Fsp3) is 0.0492. The molecule has 63 heavy (non-hydrogen) atoms. The van der Waals surface area contributed by atoms with Gasteiger partial charge in [0.1, 0.15) is 0 Å². The third-order valence-electron chi connectivity index (χ3n) is 13.8. The quantitative estimate of drug-likeness (QED) is 0.156. The second-order valence-corrected chi connectivity index (χ2v) is 18.7. The van der Waals surface area contributed by atoms with Crippen LogP contribution in [-0.4, -0.2) is 0 Å². The summed E-state index contributed by atoms with van der Waals surface area (Å²) >= 11 is 1.88. The second kappa shape index (κ2) is 13.7. The summed E-state index contributed by atoms with van der Waals surface area (Å²) in [6, 6.07) is 79.5. The number of benzene rings is 11. The first-order valence-electron chi connectivity index (χ1n) is 21.9. The molecule has 0 bridgehead atoms. The molecule has 1 aliphatic rings. The van der Waals surface area contributed by atoms with Crippen molar-refractivity contribution in [3.05, 3.63) is 223 Å². The first kappa shape index (κ1) is 36.2. The molecule has 296 valence electrons. The summed E-state index contributed by atoms with van der Waals surface area (Å²) in [5.41, 5.74) is 13.5. The van der Waals surface area contributed by atoms with Gasteiger partial charge in [0.25, 0.3) is 0 Å². The summed E-state index contributed by atoms with van der Waals surface area (Å²) in [6.07, 6.45) is 0. The molecule has 0 N–H and O–H groups in total. The Bertz CT molecular complexity index is 3800. The molecule has 0 saturated heterocycles. The number of fused-ring (bicyclic) bond motifs is 13. The molecule has 1 nitrogen and oxygen atoms in total. The van der Waals surface area contributed by atoms with Crippen LogP contribution in [-0.2, 0) is 5.41 Å². The molecule has 13 rings (SSSR count). The van der Waals surface area contributed by atoms with E-state index < -0.39 is 0 Å². The van der Waals surface area contributed by atoms with Crippen molar-refractivity contribution in [1.82, 2.24) is 0 Å². The summed E-state index contributed by atoms with van der Waals surface area (Å²) < 4.78 is 2.60. The fourth-order valence-corrected chi connectivity index (χ4v) is 12.0. The van der Waals surface area contributed by atoms with Gasteiger partial charge in [-0.05, 0) is 119 Å². The predicted molar refractivity (Wildman–Crippen MR) is 272 cm³/mol. The third kappa shape index (κ3) is 5.41. The molecule has 0 fully saturated rings. The summed E-state index contributed by atoms with van der Waals surface area (Å²) in [6.45, 7) is 4.77. The van der Waals surface area contributed by atoms with Gasteiger partial charge in [-0.25, -0.2) is 0 Å². The van der Waals surface area contributed by atoms with E-state index in [0.29, 0.717) is 0 Å². The number of nitrogens with zero attached hydrogens (tertiary/aromatic N) is 1. The molecule has 0 atom stereocenters. The highest BCUT2D eigenvalue weighted by molar-refractivity contribution is 7.25. The maximum absolute atomic E-state index is 2.58. The van der Waals surface area contributed by atoms with Gasteiger partial charge in [0.15, 0.2) is 0 Å². The molecule has 11 aromatic carbocycles. The molecule has 0 amide bonds. The van der Waals surface area contributed by atoms with E-state index >= 15 is 0 Å². The lowest BCUT2D eigenvalue weighted by atomic mass is 9.82. The van der Waals surface area contributed by atoms with Crippen molar-refractivity contribution in [3.63, 3.8) is 0 Å². The van der Waals surface area contributed by atoms with Crippen molar-refractivity contribution >= 4 is 91.7 Å². The van der Waals surface area contributed by atoms with Crippen molar-refractivity contribution < 1.29 is 0 Å². The van der Waals surface area contributed by atoms with E-state index in [1.807, 2.05) is 11.3 Å². The van der Waals surface area contributed by atoms with E-state index in [1.54, 1.807) is 0 Å². The van der Waals surface area contributed by atoms with Crippen molar-refractivity contribution in [2.24, 2.45) is 0 Å². The Morgan fingerprint density at radius 2 is 0.921 bits per heavy atom. The zero-order valence-corrected chi connectivity index (χ0v) is 35.9. The minimum absolute atomic E-state index is 0.167. The molecule has 0 saturated carbocycles. The van der Waals surface area contributed by atoms with E-state index in [4.69, 9.17) is 0 Å². The van der Waals surface area contributed by atoms with E-state index in [1.165, 1.54) is 113 Å². The van der Waals surface area contributed by atoms with E-state index in [-0.39, 0.29) is 5.41 Å². The Morgan fingerprint density at radius 3 is 1.73 bits per heavy atom. The zero-order chi connectivity index (χ0) is 41.8. The van der Waals surface area contributed by atoms with Crippen LogP contribution in [0.3, 0.4) is 0 Å². The Balaban J connectivity index is 1.15. The van der Waals surface area contributed by atoms with Gasteiger partial charge in [-0.1, -0.05) is 184 Å². The summed E-state index contributed by atoms with van der Waals surface area (Å²) in [4.78, 5) is 2.58. The minimum Gasteiger partial charge on any atom is -0.309 e. The third-order valence-corrected chi connectivity index (χ3v) is 15.0. The lowest BCUT2D eigenvalue weighted by Gasteiger charge is -2.32. The average Bonchev–Trinajstić information content (AvgIpc) is 3.83. The van der Waals surface area contributed by atoms with Crippen LogP contribution < -0.4 is 4.90 Å². The first-order chi connectivity index (χ1) is 31.0. The van der Waals surface area contributed by atoms with Crippen molar-refractivity contribution in [2.45, 2.75) is 19.3 Å². The Hall–Kier alpha value is -7.52. The van der Waals surface area contributed by atoms with Crippen LogP contribution in [0.25, 0.3) is 96.6 Å². The second-order valence-electron chi connectivity index (χ2n) is 17.6. The van der Waals surface area contributed by atoms with Crippen LogP contribution in [0.1, 0.15) is 25.0 Å². The van der Waals surface area contributed by atoms with E-state index in [0.717, 1.165) is 11.4 Å². The van der Waals surface area contributed by atoms with Gasteiger partial charge >= 0.3 is 0 Å². The van der Waals surface area contributed by atoms with Crippen LogP contribution in [0.5, 0.6) is 0 Å². The topological polar surface area (TPSA) is 3.24 Å². The van der Waals surface area contributed by atoms with Crippen molar-refractivity contribution in [2.75, 3.05) is 4.90 Å². The Labute approximate surface area is 370 Å². The largest absolute Gasteiger partial charge is 0.309 e. The first-order valence-corrected chi connectivity index (χ1v) is 22.7. The molecule has 2 heteroatoms. The molecule has 0 spiro atoms. The summed E-state index contributed by atoms with van der Waals surface area (Å²) in [7, 11) is 0. The predicted octanol–water partition coefficient (Wildman–Crippen LogP) is 17.8. The van der Waals surface area contributed by atoms with Gasteiger partial charge in [0, 0.05) is 47.9 Å². The van der Waals surface area contributed by atoms with E-state index in [9.17, 15) is 0 Å². The highest BCUT2D eigenvalue weighted by Gasteiger charge is 2.36. The SMILES string of the molecule is CC1(C)c2ccccc2-c2ccc(N(c3ccc(-c4ccc5ccccc5c4)cc3)c3c(-c4cccc5sc6ccccc6c45)ccc4c5ccccc5c5ccccc5c34)cc21. The fourth-order valence-electron chi connectivity index (χ4n) is 10.8. The summed E-state index contributed by atoms with van der Waals surface area (Å²) in [5, 5.41) is 12.6. The average molecular weight is 820 g/mol. The molecule has 0 unspecified atom stereocenters. The number of rotatable bonds is 5. The molecule has 12 aromatic rings. The van der Waals surface area contributed by atoms with Crippen LogP contribution in [0, 0.1) is 0 Å². The van der Waals surface area contributed by atoms with Gasteiger partial charge in [-0.3, -0.25) is 0 Å². The molecule has 0 radical (unpaired) electrons. The minimum atomic E-state index is -0.167. The molecular weight excluding hydrogens is 779 g/mol. The van der Waals surface area contributed by atoms with Gasteiger partial charge in [0.2, 0.25) is 0 Å². The van der Waals surface area contributed by atoms with Gasteiger partial charge < -0.3 is 4.90 Å². The van der Waals surface area contributed by atoms with Crippen molar-refractivity contribution in [3.8, 4) is 33.4 Å².